The molecule has 2 saturated heterocycles. The first kappa shape index (κ1) is 15.0. The van der Waals surface area contributed by atoms with E-state index < -0.39 is 0 Å². The summed E-state index contributed by atoms with van der Waals surface area (Å²) in [6.07, 6.45) is -0.210. The van der Waals surface area contributed by atoms with Crippen LogP contribution in [-0.2, 0) is 6.54 Å². The second kappa shape index (κ2) is 6.88. The Bertz CT molecular complexity index is 439. The maximum Gasteiger partial charge on any atom is 0.0831 e. The topological polar surface area (TPSA) is 38.7 Å². The molecule has 21 heavy (non-hydrogen) atoms. The van der Waals surface area contributed by atoms with Crippen LogP contribution in [0.3, 0.4) is 0 Å². The van der Waals surface area contributed by atoms with E-state index in [-0.39, 0.29) is 6.10 Å². The minimum atomic E-state index is -0.210. The molecule has 0 aliphatic carbocycles. The predicted octanol–water partition coefficient (Wildman–Crippen LogP) is 0.773. The summed E-state index contributed by atoms with van der Waals surface area (Å²) in [6, 6.07) is 11.0. The zero-order valence-corrected chi connectivity index (χ0v) is 12.9. The van der Waals surface area contributed by atoms with Crippen LogP contribution in [0.4, 0.5) is 0 Å². The lowest BCUT2D eigenvalue weighted by atomic mass is 10.1. The fourth-order valence-electron chi connectivity index (χ4n) is 3.66. The van der Waals surface area contributed by atoms with Crippen LogP contribution >= 0.6 is 0 Å². The number of β-amino-alcohol motifs (C(OH)–C–C–N with tert-alkyl or cyclic N) is 1. The molecule has 1 aromatic carbocycles. The second-order valence-electron chi connectivity index (χ2n) is 6.61. The van der Waals surface area contributed by atoms with Gasteiger partial charge in [0.1, 0.15) is 0 Å². The summed E-state index contributed by atoms with van der Waals surface area (Å²) >= 11 is 0. The SMILES string of the molecule is CC1CN(Cc2ccccc2)CCN(C2CNCC2O)C1. The van der Waals surface area contributed by atoms with E-state index in [1.807, 2.05) is 0 Å². The molecule has 116 valence electrons. The number of rotatable bonds is 3. The number of nitrogens with zero attached hydrogens (tertiary/aromatic N) is 2. The maximum absolute atomic E-state index is 10.1. The van der Waals surface area contributed by atoms with Crippen LogP contribution in [0.15, 0.2) is 30.3 Å². The van der Waals surface area contributed by atoms with Crippen molar-refractivity contribution in [3.8, 4) is 0 Å². The Kier molecular flexibility index (Phi) is 4.91. The van der Waals surface area contributed by atoms with E-state index in [0.717, 1.165) is 45.8 Å². The van der Waals surface area contributed by atoms with E-state index in [1.54, 1.807) is 0 Å². The average molecular weight is 289 g/mol. The highest BCUT2D eigenvalue weighted by molar-refractivity contribution is 5.14. The third-order valence-corrected chi connectivity index (χ3v) is 4.69. The van der Waals surface area contributed by atoms with Crippen molar-refractivity contribution in [3.05, 3.63) is 35.9 Å². The number of hydrogen-bond acceptors (Lipinski definition) is 4. The van der Waals surface area contributed by atoms with Crippen LogP contribution in [0.2, 0.25) is 0 Å². The highest BCUT2D eigenvalue weighted by Crippen LogP contribution is 2.17. The van der Waals surface area contributed by atoms with Gasteiger partial charge in [-0.25, -0.2) is 0 Å². The van der Waals surface area contributed by atoms with Crippen LogP contribution in [-0.4, -0.2) is 66.3 Å². The highest BCUT2D eigenvalue weighted by atomic mass is 16.3. The van der Waals surface area contributed by atoms with Gasteiger partial charge < -0.3 is 10.4 Å². The molecule has 2 aliphatic heterocycles. The molecule has 2 fully saturated rings. The number of aliphatic hydroxyl groups is 1. The van der Waals surface area contributed by atoms with Gasteiger partial charge in [-0.2, -0.15) is 0 Å². The van der Waals surface area contributed by atoms with E-state index >= 15 is 0 Å². The van der Waals surface area contributed by atoms with Gasteiger partial charge in [-0.15, -0.1) is 0 Å². The number of benzene rings is 1. The van der Waals surface area contributed by atoms with Crippen LogP contribution in [0, 0.1) is 5.92 Å². The Morgan fingerprint density at radius 1 is 1.14 bits per heavy atom. The summed E-state index contributed by atoms with van der Waals surface area (Å²) in [5.74, 6) is 0.643. The molecule has 0 saturated carbocycles. The summed E-state index contributed by atoms with van der Waals surface area (Å²) in [4.78, 5) is 5.04. The Balaban J connectivity index is 1.60. The van der Waals surface area contributed by atoms with E-state index in [1.165, 1.54) is 5.56 Å². The van der Waals surface area contributed by atoms with Crippen molar-refractivity contribution in [2.45, 2.75) is 25.6 Å². The van der Waals surface area contributed by atoms with Crippen molar-refractivity contribution in [2.24, 2.45) is 5.92 Å². The molecule has 2 aliphatic rings. The number of hydrogen-bond donors (Lipinski definition) is 2. The van der Waals surface area contributed by atoms with Crippen LogP contribution in [0.5, 0.6) is 0 Å². The maximum atomic E-state index is 10.1. The zero-order chi connectivity index (χ0) is 14.7. The lowest BCUT2D eigenvalue weighted by molar-refractivity contribution is 0.0802. The third-order valence-electron chi connectivity index (χ3n) is 4.69. The van der Waals surface area contributed by atoms with E-state index in [0.29, 0.717) is 12.0 Å². The lowest BCUT2D eigenvalue weighted by Crippen LogP contribution is -2.45. The average Bonchev–Trinajstić information content (AvgIpc) is 2.81. The van der Waals surface area contributed by atoms with Crippen molar-refractivity contribution in [1.29, 1.82) is 0 Å². The molecule has 2 heterocycles. The summed E-state index contributed by atoms with van der Waals surface area (Å²) in [6.45, 7) is 9.39. The molecule has 2 N–H and O–H groups in total. The number of aliphatic hydroxyl groups excluding tert-OH is 1. The standard InChI is InChI=1S/C17H27N3O/c1-14-11-19(13-15-5-3-2-4-6-15)7-8-20(12-14)16-9-18-10-17(16)21/h2-6,14,16-18,21H,7-13H2,1H3. The normalized spacial score (nSPS) is 32.2. The summed E-state index contributed by atoms with van der Waals surface area (Å²) in [5.41, 5.74) is 1.39. The van der Waals surface area contributed by atoms with Crippen molar-refractivity contribution in [3.63, 3.8) is 0 Å². The minimum Gasteiger partial charge on any atom is -0.390 e. The first-order valence-corrected chi connectivity index (χ1v) is 8.11. The lowest BCUT2D eigenvalue weighted by Gasteiger charge is -2.30. The van der Waals surface area contributed by atoms with Gasteiger partial charge >= 0.3 is 0 Å². The van der Waals surface area contributed by atoms with Crippen molar-refractivity contribution >= 4 is 0 Å². The summed E-state index contributed by atoms with van der Waals surface area (Å²) in [5, 5.41) is 13.4. The molecule has 0 bridgehead atoms. The summed E-state index contributed by atoms with van der Waals surface area (Å²) in [7, 11) is 0. The quantitative estimate of drug-likeness (QED) is 0.862. The number of nitrogens with one attached hydrogen (secondary N) is 1. The van der Waals surface area contributed by atoms with Crippen LogP contribution in [0.25, 0.3) is 0 Å². The monoisotopic (exact) mass is 289 g/mol. The Labute approximate surface area is 127 Å². The largest absolute Gasteiger partial charge is 0.390 e. The molecule has 3 rings (SSSR count). The van der Waals surface area contributed by atoms with E-state index in [2.05, 4.69) is 52.4 Å². The van der Waals surface area contributed by atoms with Crippen LogP contribution < -0.4 is 5.32 Å². The summed E-state index contributed by atoms with van der Waals surface area (Å²) < 4.78 is 0. The molecule has 0 radical (unpaired) electrons. The molecule has 0 aromatic heterocycles. The van der Waals surface area contributed by atoms with Crippen molar-refractivity contribution in [1.82, 2.24) is 15.1 Å². The van der Waals surface area contributed by atoms with Gasteiger partial charge in [0.25, 0.3) is 0 Å². The molecular weight excluding hydrogens is 262 g/mol. The Morgan fingerprint density at radius 2 is 1.95 bits per heavy atom. The molecule has 1 aromatic rings. The van der Waals surface area contributed by atoms with Crippen molar-refractivity contribution in [2.75, 3.05) is 39.3 Å². The molecule has 3 unspecified atom stereocenters. The zero-order valence-electron chi connectivity index (χ0n) is 12.9. The van der Waals surface area contributed by atoms with Gasteiger partial charge in [0.15, 0.2) is 0 Å². The smallest absolute Gasteiger partial charge is 0.0831 e. The van der Waals surface area contributed by atoms with Gasteiger partial charge in [-0.1, -0.05) is 37.3 Å². The van der Waals surface area contributed by atoms with Gasteiger partial charge in [0.2, 0.25) is 0 Å². The minimum absolute atomic E-state index is 0.210. The predicted molar refractivity (Wildman–Crippen MR) is 85.1 cm³/mol. The molecule has 0 amide bonds. The Hall–Kier alpha value is -0.940. The first-order valence-electron chi connectivity index (χ1n) is 8.11. The Morgan fingerprint density at radius 3 is 2.67 bits per heavy atom. The van der Waals surface area contributed by atoms with Gasteiger partial charge in [0, 0.05) is 51.9 Å². The van der Waals surface area contributed by atoms with E-state index in [4.69, 9.17) is 0 Å². The van der Waals surface area contributed by atoms with Gasteiger partial charge in [-0.05, 0) is 11.5 Å². The molecule has 3 atom stereocenters. The van der Waals surface area contributed by atoms with Crippen LogP contribution in [0.1, 0.15) is 12.5 Å². The third kappa shape index (κ3) is 3.83. The molecule has 0 spiro atoms. The van der Waals surface area contributed by atoms with E-state index in [9.17, 15) is 5.11 Å². The fourth-order valence-corrected chi connectivity index (χ4v) is 3.66. The first-order chi connectivity index (χ1) is 10.2. The fraction of sp³-hybridized carbons (Fsp3) is 0.647. The molecular formula is C17H27N3O. The van der Waals surface area contributed by atoms with Crippen molar-refractivity contribution < 1.29 is 5.11 Å². The molecule has 4 nitrogen and oxygen atoms in total. The second-order valence-corrected chi connectivity index (χ2v) is 6.61. The molecule has 4 heteroatoms. The van der Waals surface area contributed by atoms with Gasteiger partial charge in [-0.3, -0.25) is 9.80 Å². The highest BCUT2D eigenvalue weighted by Gasteiger charge is 2.32. The van der Waals surface area contributed by atoms with Gasteiger partial charge in [0.05, 0.1) is 6.10 Å².